The van der Waals surface area contributed by atoms with Crippen LogP contribution in [0.25, 0.3) is 0 Å². The molecule has 0 aliphatic carbocycles. The number of rotatable bonds is 5. The number of nitrogens with zero attached hydrogens (tertiary/aromatic N) is 3. The van der Waals surface area contributed by atoms with Crippen LogP contribution in [0.5, 0.6) is 5.88 Å². The standard InChI is InChI=1S/C10H19N5O/c1-5-11-9(13-10(2,3)4)16-8-6-7-12-15-14-8/h6-7,9,11,13H,5H2,1-4H3. The van der Waals surface area contributed by atoms with Crippen molar-refractivity contribution in [3.8, 4) is 5.88 Å². The first-order chi connectivity index (χ1) is 7.51. The zero-order chi connectivity index (χ0) is 12.0. The molecule has 90 valence electrons. The van der Waals surface area contributed by atoms with Crippen molar-refractivity contribution in [3.05, 3.63) is 12.3 Å². The molecule has 0 bridgehead atoms. The van der Waals surface area contributed by atoms with E-state index in [2.05, 4.69) is 46.8 Å². The lowest BCUT2D eigenvalue weighted by atomic mass is 10.1. The largest absolute Gasteiger partial charge is 0.444 e. The van der Waals surface area contributed by atoms with Crippen LogP contribution in [0.15, 0.2) is 12.3 Å². The Morgan fingerprint density at radius 3 is 2.69 bits per heavy atom. The molecule has 0 radical (unpaired) electrons. The van der Waals surface area contributed by atoms with Gasteiger partial charge in [-0.1, -0.05) is 12.0 Å². The third kappa shape index (κ3) is 4.99. The van der Waals surface area contributed by atoms with Crippen LogP contribution in [0.4, 0.5) is 0 Å². The predicted octanol–water partition coefficient (Wildman–Crippen LogP) is 0.532. The predicted molar refractivity (Wildman–Crippen MR) is 60.8 cm³/mol. The monoisotopic (exact) mass is 225 g/mol. The molecule has 1 heterocycles. The Hall–Kier alpha value is -1.27. The van der Waals surface area contributed by atoms with Crippen LogP contribution in [0.2, 0.25) is 0 Å². The van der Waals surface area contributed by atoms with Crippen molar-refractivity contribution in [3.63, 3.8) is 0 Å². The molecule has 0 saturated carbocycles. The van der Waals surface area contributed by atoms with E-state index in [9.17, 15) is 0 Å². The van der Waals surface area contributed by atoms with Gasteiger partial charge in [-0.05, 0) is 32.5 Å². The molecule has 2 N–H and O–H groups in total. The molecule has 1 atom stereocenters. The van der Waals surface area contributed by atoms with Gasteiger partial charge in [0.15, 0.2) is 0 Å². The molecule has 0 saturated heterocycles. The molecule has 0 fully saturated rings. The summed E-state index contributed by atoms with van der Waals surface area (Å²) in [6, 6.07) is 1.67. The Labute approximate surface area is 95.8 Å². The number of hydrogen-bond donors (Lipinski definition) is 2. The number of hydrogen-bond acceptors (Lipinski definition) is 6. The van der Waals surface area contributed by atoms with E-state index in [0.29, 0.717) is 5.88 Å². The minimum Gasteiger partial charge on any atom is -0.444 e. The molecule has 0 amide bonds. The van der Waals surface area contributed by atoms with Gasteiger partial charge in [0, 0.05) is 11.6 Å². The lowest BCUT2D eigenvalue weighted by Gasteiger charge is -2.28. The Kier molecular flexibility index (Phi) is 4.57. The van der Waals surface area contributed by atoms with Crippen LogP contribution in [-0.4, -0.2) is 33.8 Å². The first-order valence-electron chi connectivity index (χ1n) is 5.33. The molecule has 1 rings (SSSR count). The molecule has 0 aromatic carbocycles. The summed E-state index contributed by atoms with van der Waals surface area (Å²) in [5.41, 5.74) is -0.0483. The Morgan fingerprint density at radius 2 is 2.19 bits per heavy atom. The topological polar surface area (TPSA) is 72.0 Å². The van der Waals surface area contributed by atoms with Gasteiger partial charge in [0.1, 0.15) is 0 Å². The second kappa shape index (κ2) is 5.72. The molecule has 1 unspecified atom stereocenters. The van der Waals surface area contributed by atoms with E-state index in [4.69, 9.17) is 4.74 Å². The molecule has 1 aromatic heterocycles. The van der Waals surface area contributed by atoms with Crippen molar-refractivity contribution in [2.75, 3.05) is 6.54 Å². The average molecular weight is 225 g/mol. The van der Waals surface area contributed by atoms with Crippen molar-refractivity contribution in [1.29, 1.82) is 0 Å². The Morgan fingerprint density at radius 1 is 1.44 bits per heavy atom. The van der Waals surface area contributed by atoms with Crippen LogP contribution in [-0.2, 0) is 0 Å². The van der Waals surface area contributed by atoms with Crippen LogP contribution < -0.4 is 15.4 Å². The van der Waals surface area contributed by atoms with Gasteiger partial charge in [0.2, 0.25) is 12.2 Å². The summed E-state index contributed by atoms with van der Waals surface area (Å²) in [7, 11) is 0. The van der Waals surface area contributed by atoms with E-state index in [0.717, 1.165) is 6.54 Å². The number of aromatic nitrogens is 3. The lowest BCUT2D eigenvalue weighted by molar-refractivity contribution is 0.0933. The van der Waals surface area contributed by atoms with Gasteiger partial charge in [-0.25, -0.2) is 0 Å². The Balaban J connectivity index is 2.58. The minimum absolute atomic E-state index is 0.0483. The molecule has 6 heteroatoms. The van der Waals surface area contributed by atoms with Crippen LogP contribution in [0.1, 0.15) is 27.7 Å². The smallest absolute Gasteiger partial charge is 0.239 e. The number of ether oxygens (including phenoxy) is 1. The molecule has 16 heavy (non-hydrogen) atoms. The highest BCUT2D eigenvalue weighted by molar-refractivity contribution is 5.02. The van der Waals surface area contributed by atoms with Gasteiger partial charge in [-0.2, -0.15) is 0 Å². The maximum absolute atomic E-state index is 5.60. The molecular formula is C10H19N5O. The second-order valence-electron chi connectivity index (χ2n) is 4.41. The second-order valence-corrected chi connectivity index (χ2v) is 4.41. The summed E-state index contributed by atoms with van der Waals surface area (Å²) >= 11 is 0. The summed E-state index contributed by atoms with van der Waals surface area (Å²) in [5, 5.41) is 17.3. The third-order valence-electron chi connectivity index (χ3n) is 1.67. The molecule has 0 aliphatic heterocycles. The summed E-state index contributed by atoms with van der Waals surface area (Å²) in [6.45, 7) is 9.02. The van der Waals surface area contributed by atoms with Crippen LogP contribution >= 0.6 is 0 Å². The van der Waals surface area contributed by atoms with Gasteiger partial charge in [-0.15, -0.1) is 5.10 Å². The molecule has 1 aromatic rings. The fourth-order valence-electron chi connectivity index (χ4n) is 1.11. The highest BCUT2D eigenvalue weighted by Gasteiger charge is 2.17. The van der Waals surface area contributed by atoms with Crippen molar-refractivity contribution in [1.82, 2.24) is 26.0 Å². The van der Waals surface area contributed by atoms with E-state index in [1.807, 2.05) is 6.92 Å². The zero-order valence-corrected chi connectivity index (χ0v) is 10.2. The van der Waals surface area contributed by atoms with Crippen LogP contribution in [0, 0.1) is 0 Å². The van der Waals surface area contributed by atoms with Gasteiger partial charge in [0.25, 0.3) is 0 Å². The maximum Gasteiger partial charge on any atom is 0.239 e. The van der Waals surface area contributed by atoms with Crippen molar-refractivity contribution >= 4 is 0 Å². The molecular weight excluding hydrogens is 206 g/mol. The summed E-state index contributed by atoms with van der Waals surface area (Å²) in [4.78, 5) is 0. The maximum atomic E-state index is 5.60. The summed E-state index contributed by atoms with van der Waals surface area (Å²) in [5.74, 6) is 0.442. The zero-order valence-electron chi connectivity index (χ0n) is 10.2. The highest BCUT2D eigenvalue weighted by atomic mass is 16.5. The number of nitrogens with one attached hydrogen (secondary N) is 2. The third-order valence-corrected chi connectivity index (χ3v) is 1.67. The minimum atomic E-state index is -0.290. The Bertz CT molecular complexity index is 298. The van der Waals surface area contributed by atoms with E-state index >= 15 is 0 Å². The summed E-state index contributed by atoms with van der Waals surface area (Å²) in [6.07, 6.45) is 1.25. The quantitative estimate of drug-likeness (QED) is 0.712. The fraction of sp³-hybridized carbons (Fsp3) is 0.700. The van der Waals surface area contributed by atoms with E-state index in [-0.39, 0.29) is 11.9 Å². The summed E-state index contributed by atoms with van der Waals surface area (Å²) < 4.78 is 5.60. The average Bonchev–Trinajstić information content (AvgIpc) is 2.17. The van der Waals surface area contributed by atoms with Gasteiger partial charge in [0.05, 0.1) is 6.20 Å². The highest BCUT2D eigenvalue weighted by Crippen LogP contribution is 2.05. The first kappa shape index (κ1) is 12.8. The van der Waals surface area contributed by atoms with Crippen molar-refractivity contribution in [2.24, 2.45) is 0 Å². The van der Waals surface area contributed by atoms with Gasteiger partial charge >= 0.3 is 0 Å². The van der Waals surface area contributed by atoms with Crippen molar-refractivity contribution < 1.29 is 4.74 Å². The fourth-order valence-corrected chi connectivity index (χ4v) is 1.11. The van der Waals surface area contributed by atoms with E-state index in [1.165, 1.54) is 0 Å². The van der Waals surface area contributed by atoms with Crippen LogP contribution in [0.3, 0.4) is 0 Å². The molecule has 0 aliphatic rings. The normalized spacial score (nSPS) is 13.5. The molecule has 6 nitrogen and oxygen atoms in total. The van der Waals surface area contributed by atoms with Crippen molar-refractivity contribution in [2.45, 2.75) is 39.6 Å². The first-order valence-corrected chi connectivity index (χ1v) is 5.33. The van der Waals surface area contributed by atoms with Gasteiger partial charge in [-0.3, -0.25) is 10.6 Å². The SMILES string of the molecule is CCNC(NC(C)(C)C)Oc1ccnnn1. The van der Waals surface area contributed by atoms with Gasteiger partial charge < -0.3 is 4.74 Å². The molecule has 0 spiro atoms. The van der Waals surface area contributed by atoms with E-state index in [1.54, 1.807) is 12.3 Å². The van der Waals surface area contributed by atoms with E-state index < -0.39 is 0 Å². The lowest BCUT2D eigenvalue weighted by Crippen LogP contribution is -2.54.